The van der Waals surface area contributed by atoms with Gasteiger partial charge in [-0.3, -0.25) is 4.68 Å². The SMILES string of the molecule is CC(C)(C)C(O)(CCc1ccc(Cl)cc1)Cn1cncn1.OCC1CC1. The van der Waals surface area contributed by atoms with Crippen molar-refractivity contribution in [2.75, 3.05) is 6.61 Å². The van der Waals surface area contributed by atoms with Crippen LogP contribution in [0.2, 0.25) is 5.02 Å². The number of halogens is 1. The minimum Gasteiger partial charge on any atom is -0.396 e. The van der Waals surface area contributed by atoms with Crippen LogP contribution in [-0.4, -0.2) is 37.2 Å². The van der Waals surface area contributed by atoms with E-state index >= 15 is 0 Å². The fourth-order valence-electron chi connectivity index (χ4n) is 2.58. The van der Waals surface area contributed by atoms with Gasteiger partial charge in [0.1, 0.15) is 12.7 Å². The van der Waals surface area contributed by atoms with Crippen LogP contribution in [0.1, 0.15) is 45.6 Å². The van der Waals surface area contributed by atoms with Crippen LogP contribution in [0.25, 0.3) is 0 Å². The number of aliphatic hydroxyl groups is 2. The molecule has 1 aliphatic rings. The molecule has 1 atom stereocenters. The van der Waals surface area contributed by atoms with E-state index in [4.69, 9.17) is 16.7 Å². The Morgan fingerprint density at radius 2 is 1.85 bits per heavy atom. The molecule has 2 aromatic rings. The lowest BCUT2D eigenvalue weighted by molar-refractivity contribution is -0.0796. The molecule has 1 unspecified atom stereocenters. The third kappa shape index (κ3) is 6.38. The van der Waals surface area contributed by atoms with Crippen LogP contribution in [0.4, 0.5) is 0 Å². The first-order chi connectivity index (χ1) is 12.2. The highest BCUT2D eigenvalue weighted by molar-refractivity contribution is 6.30. The first kappa shape index (κ1) is 20.9. The highest BCUT2D eigenvalue weighted by atomic mass is 35.5. The van der Waals surface area contributed by atoms with E-state index in [0.29, 0.717) is 25.5 Å². The van der Waals surface area contributed by atoms with Crippen LogP contribution in [0.3, 0.4) is 0 Å². The largest absolute Gasteiger partial charge is 0.396 e. The number of rotatable bonds is 6. The van der Waals surface area contributed by atoms with E-state index < -0.39 is 5.60 Å². The molecule has 1 fully saturated rings. The predicted molar refractivity (Wildman–Crippen MR) is 104 cm³/mol. The molecule has 1 aromatic heterocycles. The minimum atomic E-state index is -0.861. The zero-order valence-electron chi connectivity index (χ0n) is 15.9. The molecule has 0 bridgehead atoms. The molecule has 144 valence electrons. The topological polar surface area (TPSA) is 71.2 Å². The van der Waals surface area contributed by atoms with E-state index in [0.717, 1.165) is 11.4 Å². The Morgan fingerprint density at radius 3 is 2.27 bits per heavy atom. The number of benzene rings is 1. The van der Waals surface area contributed by atoms with Gasteiger partial charge in [0.25, 0.3) is 0 Å². The van der Waals surface area contributed by atoms with E-state index in [1.54, 1.807) is 11.0 Å². The second-order valence-electron chi connectivity index (χ2n) is 8.13. The molecule has 1 aromatic carbocycles. The Bertz CT molecular complexity index is 649. The van der Waals surface area contributed by atoms with Crippen molar-refractivity contribution in [3.63, 3.8) is 0 Å². The summed E-state index contributed by atoms with van der Waals surface area (Å²) in [7, 11) is 0. The molecule has 0 radical (unpaired) electrons. The second kappa shape index (κ2) is 8.98. The van der Waals surface area contributed by atoms with Crippen LogP contribution in [-0.2, 0) is 13.0 Å². The van der Waals surface area contributed by atoms with Crippen LogP contribution in [0, 0.1) is 11.3 Å². The molecule has 0 spiro atoms. The van der Waals surface area contributed by atoms with E-state index in [-0.39, 0.29) is 5.41 Å². The number of hydrogen-bond acceptors (Lipinski definition) is 4. The number of aryl methyl sites for hydroxylation is 1. The lowest BCUT2D eigenvalue weighted by Crippen LogP contribution is -2.47. The summed E-state index contributed by atoms with van der Waals surface area (Å²) < 4.78 is 1.69. The predicted octanol–water partition coefficient (Wildman–Crippen LogP) is 3.73. The maximum Gasteiger partial charge on any atom is 0.137 e. The molecular formula is C20H30ClN3O2. The monoisotopic (exact) mass is 379 g/mol. The first-order valence-electron chi connectivity index (χ1n) is 9.13. The number of hydrogen-bond donors (Lipinski definition) is 2. The van der Waals surface area contributed by atoms with E-state index in [9.17, 15) is 5.11 Å². The third-order valence-electron chi connectivity index (χ3n) is 4.98. The molecule has 5 nitrogen and oxygen atoms in total. The average molecular weight is 380 g/mol. The quantitative estimate of drug-likeness (QED) is 0.802. The zero-order chi connectivity index (χ0) is 19.2. The Morgan fingerprint density at radius 1 is 1.19 bits per heavy atom. The minimum absolute atomic E-state index is 0.259. The summed E-state index contributed by atoms with van der Waals surface area (Å²) in [6, 6.07) is 7.76. The number of nitrogens with zero attached hydrogens (tertiary/aromatic N) is 3. The molecule has 1 aliphatic carbocycles. The van der Waals surface area contributed by atoms with E-state index in [2.05, 4.69) is 10.1 Å². The zero-order valence-corrected chi connectivity index (χ0v) is 16.7. The maximum absolute atomic E-state index is 11.1. The average Bonchev–Trinajstić information content (AvgIpc) is 3.31. The van der Waals surface area contributed by atoms with Crippen LogP contribution in [0.5, 0.6) is 0 Å². The molecule has 1 saturated carbocycles. The molecule has 0 aliphatic heterocycles. The number of aromatic nitrogens is 3. The molecule has 3 rings (SSSR count). The van der Waals surface area contributed by atoms with Crippen molar-refractivity contribution < 1.29 is 10.2 Å². The summed E-state index contributed by atoms with van der Waals surface area (Å²) in [6.45, 7) is 6.99. The Balaban J connectivity index is 0.000000417. The Hall–Kier alpha value is -1.43. The molecule has 26 heavy (non-hydrogen) atoms. The molecule has 6 heteroatoms. The van der Waals surface area contributed by atoms with E-state index in [1.807, 2.05) is 45.0 Å². The second-order valence-corrected chi connectivity index (χ2v) is 8.56. The van der Waals surface area contributed by atoms with E-state index in [1.165, 1.54) is 24.7 Å². The van der Waals surface area contributed by atoms with Crippen molar-refractivity contribution in [1.29, 1.82) is 0 Å². The van der Waals surface area contributed by atoms with Crippen LogP contribution < -0.4 is 0 Å². The molecule has 2 N–H and O–H groups in total. The van der Waals surface area contributed by atoms with Gasteiger partial charge in [0.15, 0.2) is 0 Å². The number of aliphatic hydroxyl groups excluding tert-OH is 1. The first-order valence-corrected chi connectivity index (χ1v) is 9.51. The van der Waals surface area contributed by atoms with Crippen molar-refractivity contribution in [2.45, 2.75) is 58.6 Å². The van der Waals surface area contributed by atoms with Gasteiger partial charge in [0.05, 0.1) is 12.1 Å². The standard InChI is InChI=1S/C16H22ClN3O.C4H8O/c1-15(2,3)16(21,10-20-12-18-11-19-20)9-8-13-4-6-14(17)7-5-13;5-3-4-1-2-4/h4-7,11-12,21H,8-10H2,1-3H3;4-5H,1-3H2. The van der Waals surface area contributed by atoms with Gasteiger partial charge in [-0.05, 0) is 54.7 Å². The lowest BCUT2D eigenvalue weighted by Gasteiger charge is -2.40. The highest BCUT2D eigenvalue weighted by Crippen LogP contribution is 2.35. The maximum atomic E-state index is 11.1. The van der Waals surface area contributed by atoms with Crippen LogP contribution >= 0.6 is 11.6 Å². The van der Waals surface area contributed by atoms with Crippen LogP contribution in [0.15, 0.2) is 36.9 Å². The summed E-state index contributed by atoms with van der Waals surface area (Å²) in [4.78, 5) is 3.94. The molecule has 0 amide bonds. The Labute approximate surface area is 161 Å². The van der Waals surface area contributed by atoms with Gasteiger partial charge in [-0.2, -0.15) is 5.10 Å². The van der Waals surface area contributed by atoms with Gasteiger partial charge in [0.2, 0.25) is 0 Å². The van der Waals surface area contributed by atoms with Gasteiger partial charge in [-0.1, -0.05) is 44.5 Å². The van der Waals surface area contributed by atoms with Crippen molar-refractivity contribution in [1.82, 2.24) is 14.8 Å². The van der Waals surface area contributed by atoms with Gasteiger partial charge in [-0.25, -0.2) is 4.98 Å². The van der Waals surface area contributed by atoms with Crippen molar-refractivity contribution in [3.8, 4) is 0 Å². The van der Waals surface area contributed by atoms with Gasteiger partial charge < -0.3 is 10.2 Å². The summed E-state index contributed by atoms with van der Waals surface area (Å²) in [5.41, 5.74) is 0.0479. The summed E-state index contributed by atoms with van der Waals surface area (Å²) in [5.74, 6) is 0.690. The smallest absolute Gasteiger partial charge is 0.137 e. The highest BCUT2D eigenvalue weighted by Gasteiger charge is 2.40. The summed E-state index contributed by atoms with van der Waals surface area (Å²) in [6.07, 6.45) is 7.09. The fraction of sp³-hybridized carbons (Fsp3) is 0.600. The summed E-state index contributed by atoms with van der Waals surface area (Å²) in [5, 5.41) is 24.2. The van der Waals surface area contributed by atoms with Crippen molar-refractivity contribution in [2.24, 2.45) is 11.3 Å². The van der Waals surface area contributed by atoms with Gasteiger partial charge in [-0.15, -0.1) is 0 Å². The van der Waals surface area contributed by atoms with Crippen molar-refractivity contribution in [3.05, 3.63) is 47.5 Å². The fourth-order valence-corrected chi connectivity index (χ4v) is 2.70. The van der Waals surface area contributed by atoms with Crippen molar-refractivity contribution >= 4 is 11.6 Å². The molecular weight excluding hydrogens is 350 g/mol. The molecule has 0 saturated heterocycles. The summed E-state index contributed by atoms with van der Waals surface area (Å²) >= 11 is 5.90. The molecule has 1 heterocycles. The third-order valence-corrected chi connectivity index (χ3v) is 5.23. The van der Waals surface area contributed by atoms with Gasteiger partial charge >= 0.3 is 0 Å². The van der Waals surface area contributed by atoms with Gasteiger partial charge in [0, 0.05) is 11.6 Å². The Kier molecular flexibility index (Phi) is 7.21. The normalized spacial score (nSPS) is 16.5. The lowest BCUT2D eigenvalue weighted by atomic mass is 9.73.